The van der Waals surface area contributed by atoms with Gasteiger partial charge in [-0.2, -0.15) is 0 Å². The van der Waals surface area contributed by atoms with Crippen LogP contribution in [0.5, 0.6) is 0 Å². The fraction of sp³-hybridized carbons (Fsp3) is 0.125. The van der Waals surface area contributed by atoms with Crippen LogP contribution in [0.4, 0.5) is 0 Å². The fourth-order valence-electron chi connectivity index (χ4n) is 0.682. The molecule has 0 unspecified atom stereocenters. The molecule has 1 rings (SSSR count). The van der Waals surface area contributed by atoms with Crippen molar-refractivity contribution in [3.05, 3.63) is 28.7 Å². The number of carbonyl (C=O) groups is 1. The predicted octanol–water partition coefficient (Wildman–Crippen LogP) is 3.09. The average molecular weight is 231 g/mol. The van der Waals surface area contributed by atoms with Crippen LogP contribution in [-0.4, -0.2) is 5.12 Å². The maximum atomic E-state index is 10.7. The Balaban J connectivity index is 2.86. The molecule has 1 nitrogen and oxygen atoms in total. The summed E-state index contributed by atoms with van der Waals surface area (Å²) in [7, 11) is 0. The largest absolute Gasteiger partial charge is 0.287 e. The van der Waals surface area contributed by atoms with Crippen molar-refractivity contribution in [3.63, 3.8) is 0 Å². The Kier molecular flexibility index (Phi) is 3.15. The second kappa shape index (κ2) is 3.93. The summed E-state index contributed by atoms with van der Waals surface area (Å²) in [6.45, 7) is 1.56. The Labute approximate surface area is 78.3 Å². The van der Waals surface area contributed by atoms with E-state index in [-0.39, 0.29) is 5.12 Å². The van der Waals surface area contributed by atoms with Gasteiger partial charge in [-0.15, -0.1) is 0 Å². The number of rotatable bonds is 1. The van der Waals surface area contributed by atoms with Gasteiger partial charge in [0.1, 0.15) is 0 Å². The second-order valence-corrected chi connectivity index (χ2v) is 4.10. The minimum Gasteiger partial charge on any atom is -0.287 e. The molecule has 0 saturated heterocycles. The molecule has 1 aromatic rings. The van der Waals surface area contributed by atoms with Crippen LogP contribution in [0.15, 0.2) is 33.6 Å². The zero-order valence-corrected chi connectivity index (χ0v) is 8.41. The lowest BCUT2D eigenvalue weighted by molar-refractivity contribution is -0.109. The topological polar surface area (TPSA) is 17.1 Å². The average Bonchev–Trinajstić information content (AvgIpc) is 1.93. The lowest BCUT2D eigenvalue weighted by Gasteiger charge is -1.98. The van der Waals surface area contributed by atoms with E-state index in [0.717, 1.165) is 9.37 Å². The molecule has 0 N–H and O–H groups in total. The standard InChI is InChI=1S/C8H7BrOS/c1-6(10)11-8-5-3-2-4-7(8)9/h2-5H,1H3. The molecule has 11 heavy (non-hydrogen) atoms. The third-order valence-electron chi connectivity index (χ3n) is 1.09. The van der Waals surface area contributed by atoms with E-state index in [4.69, 9.17) is 0 Å². The van der Waals surface area contributed by atoms with E-state index in [2.05, 4.69) is 15.9 Å². The molecule has 0 radical (unpaired) electrons. The van der Waals surface area contributed by atoms with E-state index in [9.17, 15) is 4.79 Å². The lowest BCUT2D eigenvalue weighted by Crippen LogP contribution is -1.81. The highest BCUT2D eigenvalue weighted by Crippen LogP contribution is 2.26. The Morgan fingerprint density at radius 2 is 2.09 bits per heavy atom. The Hall–Kier alpha value is -0.280. The van der Waals surface area contributed by atoms with Crippen molar-refractivity contribution < 1.29 is 4.79 Å². The highest BCUT2D eigenvalue weighted by Gasteiger charge is 2.00. The van der Waals surface area contributed by atoms with Gasteiger partial charge < -0.3 is 0 Å². The molecule has 0 heterocycles. The van der Waals surface area contributed by atoms with Gasteiger partial charge in [0.2, 0.25) is 0 Å². The van der Waals surface area contributed by atoms with Crippen molar-refractivity contribution in [1.29, 1.82) is 0 Å². The normalized spacial score (nSPS) is 9.64. The molecule has 0 bridgehead atoms. The van der Waals surface area contributed by atoms with E-state index >= 15 is 0 Å². The van der Waals surface area contributed by atoms with Crippen molar-refractivity contribution in [1.82, 2.24) is 0 Å². The van der Waals surface area contributed by atoms with Crippen molar-refractivity contribution in [2.45, 2.75) is 11.8 Å². The van der Waals surface area contributed by atoms with Crippen molar-refractivity contribution in [3.8, 4) is 0 Å². The zero-order valence-electron chi connectivity index (χ0n) is 6.00. The van der Waals surface area contributed by atoms with E-state index < -0.39 is 0 Å². The third kappa shape index (κ3) is 2.67. The van der Waals surface area contributed by atoms with E-state index in [1.165, 1.54) is 11.8 Å². The first kappa shape index (κ1) is 8.81. The number of hydrogen-bond acceptors (Lipinski definition) is 2. The minimum absolute atomic E-state index is 0.108. The first-order valence-corrected chi connectivity index (χ1v) is 4.74. The van der Waals surface area contributed by atoms with Gasteiger partial charge in [-0.25, -0.2) is 0 Å². The van der Waals surface area contributed by atoms with Gasteiger partial charge in [-0.3, -0.25) is 4.79 Å². The molecule has 0 aliphatic rings. The Bertz CT molecular complexity index is 273. The maximum Gasteiger partial charge on any atom is 0.190 e. The van der Waals surface area contributed by atoms with Crippen LogP contribution in [0.25, 0.3) is 0 Å². The molecule has 0 amide bonds. The summed E-state index contributed by atoms with van der Waals surface area (Å²) in [5.41, 5.74) is 0. The summed E-state index contributed by atoms with van der Waals surface area (Å²) in [5, 5.41) is 0.108. The van der Waals surface area contributed by atoms with Crippen LogP contribution in [0, 0.1) is 0 Å². The molecule has 0 spiro atoms. The summed E-state index contributed by atoms with van der Waals surface area (Å²) in [6, 6.07) is 7.67. The zero-order chi connectivity index (χ0) is 8.27. The molecular weight excluding hydrogens is 224 g/mol. The van der Waals surface area contributed by atoms with E-state index in [1.54, 1.807) is 6.92 Å². The van der Waals surface area contributed by atoms with Crippen LogP contribution in [0.2, 0.25) is 0 Å². The van der Waals surface area contributed by atoms with Crippen LogP contribution in [-0.2, 0) is 4.79 Å². The highest BCUT2D eigenvalue weighted by atomic mass is 79.9. The van der Waals surface area contributed by atoms with Crippen LogP contribution in [0.3, 0.4) is 0 Å². The first-order chi connectivity index (χ1) is 5.20. The van der Waals surface area contributed by atoms with Gasteiger partial charge in [-0.05, 0) is 28.1 Å². The number of carbonyl (C=O) groups excluding carboxylic acids is 1. The Morgan fingerprint density at radius 3 is 2.64 bits per heavy atom. The number of hydrogen-bond donors (Lipinski definition) is 0. The summed E-state index contributed by atoms with van der Waals surface area (Å²) in [6.07, 6.45) is 0. The van der Waals surface area contributed by atoms with Gasteiger partial charge in [0.15, 0.2) is 5.12 Å². The van der Waals surface area contributed by atoms with Crippen molar-refractivity contribution in [2.75, 3.05) is 0 Å². The van der Waals surface area contributed by atoms with Gasteiger partial charge >= 0.3 is 0 Å². The maximum absolute atomic E-state index is 10.7. The quantitative estimate of drug-likeness (QED) is 0.691. The molecule has 3 heteroatoms. The molecule has 0 aliphatic carbocycles. The van der Waals surface area contributed by atoms with E-state index in [0.29, 0.717) is 0 Å². The number of thioether (sulfide) groups is 1. The highest BCUT2D eigenvalue weighted by molar-refractivity contribution is 9.10. The van der Waals surface area contributed by atoms with Gasteiger partial charge in [0.05, 0.1) is 0 Å². The minimum atomic E-state index is 0.108. The third-order valence-corrected chi connectivity index (χ3v) is 2.91. The van der Waals surface area contributed by atoms with Crippen LogP contribution in [0.1, 0.15) is 6.92 Å². The summed E-state index contributed by atoms with van der Waals surface area (Å²) in [4.78, 5) is 11.7. The molecule has 0 saturated carbocycles. The van der Waals surface area contributed by atoms with Gasteiger partial charge in [0.25, 0.3) is 0 Å². The number of halogens is 1. The lowest BCUT2D eigenvalue weighted by atomic mass is 10.4. The second-order valence-electron chi connectivity index (χ2n) is 2.02. The molecular formula is C8H7BrOS. The first-order valence-electron chi connectivity index (χ1n) is 3.13. The molecule has 1 aromatic carbocycles. The smallest absolute Gasteiger partial charge is 0.190 e. The molecule has 58 valence electrons. The Morgan fingerprint density at radius 1 is 1.45 bits per heavy atom. The van der Waals surface area contributed by atoms with Crippen molar-refractivity contribution >= 4 is 32.8 Å². The van der Waals surface area contributed by atoms with Crippen LogP contribution < -0.4 is 0 Å². The molecule has 0 atom stereocenters. The van der Waals surface area contributed by atoms with E-state index in [1.807, 2.05) is 24.3 Å². The molecule has 0 aliphatic heterocycles. The van der Waals surface area contributed by atoms with Crippen molar-refractivity contribution in [2.24, 2.45) is 0 Å². The number of benzene rings is 1. The van der Waals surface area contributed by atoms with Gasteiger partial charge in [0, 0.05) is 16.3 Å². The summed E-state index contributed by atoms with van der Waals surface area (Å²) < 4.78 is 0.972. The molecule has 0 fully saturated rings. The molecule has 0 aromatic heterocycles. The predicted molar refractivity (Wildman–Crippen MR) is 50.7 cm³/mol. The van der Waals surface area contributed by atoms with Crippen LogP contribution >= 0.6 is 27.7 Å². The van der Waals surface area contributed by atoms with Gasteiger partial charge in [-0.1, -0.05) is 23.9 Å². The monoisotopic (exact) mass is 230 g/mol. The SMILES string of the molecule is CC(=O)Sc1ccccc1Br. The summed E-state index contributed by atoms with van der Waals surface area (Å²) >= 11 is 4.59. The fourth-order valence-corrected chi connectivity index (χ4v) is 1.83. The summed E-state index contributed by atoms with van der Waals surface area (Å²) in [5.74, 6) is 0.